The molecule has 2 aromatic rings. The van der Waals surface area contributed by atoms with Crippen LogP contribution >= 0.6 is 0 Å². The number of alkyl halides is 2. The van der Waals surface area contributed by atoms with E-state index in [-0.39, 0.29) is 11.7 Å². The van der Waals surface area contributed by atoms with E-state index in [2.05, 4.69) is 32.1 Å². The number of nitrogens with zero attached hydrogens (tertiary/aromatic N) is 4. The van der Waals surface area contributed by atoms with Crippen LogP contribution in [0.2, 0.25) is 0 Å². The molecule has 0 aromatic carbocycles. The summed E-state index contributed by atoms with van der Waals surface area (Å²) in [5, 5.41) is 5.38. The molecule has 1 fully saturated rings. The van der Waals surface area contributed by atoms with Crippen LogP contribution in [-0.2, 0) is 0 Å². The van der Waals surface area contributed by atoms with Crippen molar-refractivity contribution in [1.82, 2.24) is 15.3 Å². The third-order valence-electron chi connectivity index (χ3n) is 4.83. The number of halogens is 2. The van der Waals surface area contributed by atoms with Crippen molar-refractivity contribution >= 4 is 23.2 Å². The quantitative estimate of drug-likeness (QED) is 0.795. The Kier molecular flexibility index (Phi) is 4.81. The largest absolute Gasteiger partial charge is 0.366 e. The fourth-order valence-electron chi connectivity index (χ4n) is 3.59. The van der Waals surface area contributed by atoms with Crippen LogP contribution in [0.25, 0.3) is 0 Å². The van der Waals surface area contributed by atoms with Crippen molar-refractivity contribution in [2.45, 2.75) is 18.9 Å². The van der Waals surface area contributed by atoms with Gasteiger partial charge in [0, 0.05) is 19.3 Å². The third kappa shape index (κ3) is 3.47. The topological polar surface area (TPSA) is 73.4 Å². The molecule has 2 bridgehead atoms. The van der Waals surface area contributed by atoms with Gasteiger partial charge in [-0.3, -0.25) is 4.79 Å². The Labute approximate surface area is 161 Å². The van der Waals surface area contributed by atoms with E-state index in [0.717, 1.165) is 25.2 Å². The van der Waals surface area contributed by atoms with Gasteiger partial charge >= 0.3 is 0 Å². The lowest BCUT2D eigenvalue weighted by atomic mass is 10.1. The Balaban J connectivity index is 1.63. The van der Waals surface area contributed by atoms with Crippen LogP contribution in [-0.4, -0.2) is 48.0 Å². The molecular formula is C19H20F2N6O. The number of pyridine rings is 2. The molecule has 0 aliphatic carbocycles. The second-order valence-electron chi connectivity index (χ2n) is 6.69. The molecule has 28 heavy (non-hydrogen) atoms. The lowest BCUT2D eigenvalue weighted by Gasteiger charge is -2.38. The first-order valence-electron chi connectivity index (χ1n) is 9.01. The molecule has 2 aliphatic heterocycles. The van der Waals surface area contributed by atoms with Crippen LogP contribution in [0.4, 0.5) is 26.1 Å². The fourth-order valence-corrected chi connectivity index (χ4v) is 3.59. The van der Waals surface area contributed by atoms with Crippen molar-refractivity contribution in [3.63, 3.8) is 0 Å². The average molecular weight is 386 g/mol. The Hall–Kier alpha value is -3.23. The number of aromatic nitrogens is 2. The van der Waals surface area contributed by atoms with Crippen molar-refractivity contribution in [2.75, 3.05) is 34.8 Å². The van der Waals surface area contributed by atoms with Crippen molar-refractivity contribution in [1.29, 1.82) is 0 Å². The minimum absolute atomic E-state index is 0.0949. The van der Waals surface area contributed by atoms with Crippen LogP contribution in [0.15, 0.2) is 48.9 Å². The zero-order valence-corrected chi connectivity index (χ0v) is 15.1. The summed E-state index contributed by atoms with van der Waals surface area (Å²) in [6.07, 6.45) is -0.00478. The standard InChI is InChI=1S/C19H20F2N6O/c1-12(24-17-4-2-3-8-22-17)27-13-7-9-26(11-13)15-6-5-14(25-18(15)27)19(28)23-10-16(20)21/h2-6,8,13,16H,1,7,9-11H2,(H,22,24)(H,23,28)/t13-/m0/s1. The first-order valence-corrected chi connectivity index (χ1v) is 9.01. The van der Waals surface area contributed by atoms with Gasteiger partial charge in [-0.15, -0.1) is 0 Å². The van der Waals surface area contributed by atoms with Crippen LogP contribution in [0.5, 0.6) is 0 Å². The highest BCUT2D eigenvalue weighted by Gasteiger charge is 2.38. The molecule has 1 amide bonds. The zero-order valence-electron chi connectivity index (χ0n) is 15.1. The number of amides is 1. The van der Waals surface area contributed by atoms with E-state index in [1.807, 2.05) is 29.2 Å². The van der Waals surface area contributed by atoms with Gasteiger partial charge in [0.05, 0.1) is 18.3 Å². The second-order valence-corrected chi connectivity index (χ2v) is 6.69. The number of hydrogen-bond acceptors (Lipinski definition) is 6. The Morgan fingerprint density at radius 2 is 2.18 bits per heavy atom. The van der Waals surface area contributed by atoms with Gasteiger partial charge in [0.2, 0.25) is 0 Å². The fraction of sp³-hybridized carbons (Fsp3) is 0.316. The minimum atomic E-state index is -2.61. The summed E-state index contributed by atoms with van der Waals surface area (Å²) >= 11 is 0. The van der Waals surface area contributed by atoms with Crippen molar-refractivity contribution < 1.29 is 13.6 Å². The van der Waals surface area contributed by atoms with E-state index in [4.69, 9.17) is 0 Å². The molecule has 0 unspecified atom stereocenters. The number of nitrogens with one attached hydrogen (secondary N) is 2. The predicted molar refractivity (Wildman–Crippen MR) is 103 cm³/mol. The Morgan fingerprint density at radius 1 is 1.32 bits per heavy atom. The van der Waals surface area contributed by atoms with Crippen molar-refractivity contribution in [3.8, 4) is 0 Å². The average Bonchev–Trinajstić information content (AvgIpc) is 3.11. The monoisotopic (exact) mass is 386 g/mol. The van der Waals surface area contributed by atoms with Gasteiger partial charge in [0.15, 0.2) is 5.82 Å². The number of carbonyl (C=O) groups is 1. The third-order valence-corrected chi connectivity index (χ3v) is 4.83. The summed E-state index contributed by atoms with van der Waals surface area (Å²) in [7, 11) is 0. The van der Waals surface area contributed by atoms with Crippen LogP contribution in [0, 0.1) is 0 Å². The van der Waals surface area contributed by atoms with E-state index in [9.17, 15) is 13.6 Å². The number of hydrogen-bond donors (Lipinski definition) is 2. The maximum absolute atomic E-state index is 12.4. The summed E-state index contributed by atoms with van der Waals surface area (Å²) in [5.74, 6) is 1.22. The smallest absolute Gasteiger partial charge is 0.270 e. The van der Waals surface area contributed by atoms with E-state index in [1.54, 1.807) is 12.3 Å². The highest BCUT2D eigenvalue weighted by Crippen LogP contribution is 2.40. The summed E-state index contributed by atoms with van der Waals surface area (Å²) in [4.78, 5) is 25.1. The Morgan fingerprint density at radius 3 is 2.93 bits per heavy atom. The van der Waals surface area contributed by atoms with Gasteiger partial charge in [-0.05, 0) is 30.7 Å². The van der Waals surface area contributed by atoms with Gasteiger partial charge in [-0.2, -0.15) is 0 Å². The van der Waals surface area contributed by atoms with E-state index >= 15 is 0 Å². The number of carbonyl (C=O) groups excluding carboxylic acids is 1. The van der Waals surface area contributed by atoms with Crippen LogP contribution in [0.1, 0.15) is 16.9 Å². The summed E-state index contributed by atoms with van der Waals surface area (Å²) in [6, 6.07) is 9.05. The first kappa shape index (κ1) is 18.1. The van der Waals surface area contributed by atoms with Gasteiger partial charge in [0.25, 0.3) is 12.3 Å². The van der Waals surface area contributed by atoms with Crippen molar-refractivity contribution in [2.24, 2.45) is 0 Å². The summed E-state index contributed by atoms with van der Waals surface area (Å²) < 4.78 is 24.8. The number of fused-ring (bicyclic) bond motifs is 4. The maximum Gasteiger partial charge on any atom is 0.270 e. The normalized spacial score (nSPS) is 17.5. The van der Waals surface area contributed by atoms with Gasteiger partial charge in [0.1, 0.15) is 17.3 Å². The molecular weight excluding hydrogens is 366 g/mol. The SMILES string of the molecule is C=C(Nc1ccccn1)N1c2nc(C(=O)NCC(F)F)ccc2N2CC[C@H]1C2. The molecule has 4 rings (SSSR count). The lowest BCUT2D eigenvalue weighted by Crippen LogP contribution is -2.44. The van der Waals surface area contributed by atoms with Crippen molar-refractivity contribution in [3.05, 3.63) is 54.6 Å². The molecule has 4 heterocycles. The molecule has 2 aromatic heterocycles. The molecule has 7 nitrogen and oxygen atoms in total. The summed E-state index contributed by atoms with van der Waals surface area (Å²) in [6.45, 7) is 5.14. The van der Waals surface area contributed by atoms with Crippen LogP contribution < -0.4 is 20.4 Å². The van der Waals surface area contributed by atoms with E-state index in [1.165, 1.54) is 0 Å². The molecule has 146 valence electrons. The zero-order chi connectivity index (χ0) is 19.7. The minimum Gasteiger partial charge on any atom is -0.366 e. The lowest BCUT2D eigenvalue weighted by molar-refractivity contribution is 0.0887. The van der Waals surface area contributed by atoms with Gasteiger partial charge in [-0.25, -0.2) is 18.7 Å². The molecule has 0 spiro atoms. The molecule has 1 saturated heterocycles. The van der Waals surface area contributed by atoms with E-state index < -0.39 is 18.9 Å². The molecule has 0 radical (unpaired) electrons. The Bertz CT molecular complexity index is 891. The first-order chi connectivity index (χ1) is 13.5. The molecule has 2 N–H and O–H groups in total. The molecule has 9 heteroatoms. The van der Waals surface area contributed by atoms with E-state index in [0.29, 0.717) is 17.5 Å². The molecule has 2 aliphatic rings. The predicted octanol–water partition coefficient (Wildman–Crippen LogP) is 2.45. The highest BCUT2D eigenvalue weighted by molar-refractivity contribution is 5.94. The highest BCUT2D eigenvalue weighted by atomic mass is 19.3. The van der Waals surface area contributed by atoms with Crippen LogP contribution in [0.3, 0.4) is 0 Å². The van der Waals surface area contributed by atoms with Gasteiger partial charge in [-0.1, -0.05) is 12.6 Å². The number of anilines is 3. The molecule has 0 saturated carbocycles. The summed E-state index contributed by atoms with van der Waals surface area (Å²) in [5.41, 5.74) is 0.987. The molecule has 1 atom stereocenters. The second kappa shape index (κ2) is 7.41. The maximum atomic E-state index is 12.4. The van der Waals surface area contributed by atoms with Gasteiger partial charge < -0.3 is 20.4 Å². The number of rotatable bonds is 6.